The number of nitrogens with one attached hydrogen (secondary N) is 1. The van der Waals surface area contributed by atoms with E-state index in [1.165, 1.54) is 0 Å². The minimum Gasteiger partial charge on any atom is -0.443 e. The molecule has 0 spiro atoms. The maximum absolute atomic E-state index is 13.4. The van der Waals surface area contributed by atoms with Gasteiger partial charge in [-0.15, -0.1) is 5.06 Å². The zero-order valence-electron chi connectivity index (χ0n) is 22.5. The first kappa shape index (κ1) is 28.7. The van der Waals surface area contributed by atoms with E-state index in [4.69, 9.17) is 19.0 Å². The van der Waals surface area contributed by atoms with E-state index in [2.05, 4.69) is 5.43 Å². The van der Waals surface area contributed by atoms with Crippen LogP contribution in [0.15, 0.2) is 30.3 Å². The van der Waals surface area contributed by atoms with E-state index in [1.54, 1.807) is 92.6 Å². The highest BCUT2D eigenvalue weighted by Crippen LogP contribution is 2.32. The number of amides is 3. The van der Waals surface area contributed by atoms with Gasteiger partial charge in [-0.25, -0.2) is 24.6 Å². The molecule has 36 heavy (non-hydrogen) atoms. The standard InChI is InChI=1S/C25H37N3O8/c1-22(2,3)33-19(30)26-28(21(32)35-24(7,8)9)25(15-17-13-11-10-12-14-17)16-27(36-18(25)29)20(31)34-23(4,5)6/h10-14H,15-16H2,1-9H3,(H,26,30)/t25-/m0/s1. The molecule has 0 unspecified atom stereocenters. The summed E-state index contributed by atoms with van der Waals surface area (Å²) in [7, 11) is 0. The number of nitrogens with zero attached hydrogens (tertiary/aromatic N) is 2. The smallest absolute Gasteiger partial charge is 0.443 e. The molecule has 0 aliphatic carbocycles. The van der Waals surface area contributed by atoms with E-state index in [0.717, 1.165) is 10.1 Å². The molecule has 0 saturated carbocycles. The monoisotopic (exact) mass is 507 g/mol. The van der Waals surface area contributed by atoms with Gasteiger partial charge >= 0.3 is 24.2 Å². The summed E-state index contributed by atoms with van der Waals surface area (Å²) in [6.07, 6.45) is -3.06. The third-order valence-corrected chi connectivity index (χ3v) is 4.52. The Labute approximate surface area is 211 Å². The Morgan fingerprint density at radius 3 is 1.94 bits per heavy atom. The van der Waals surface area contributed by atoms with Crippen LogP contribution in [0, 0.1) is 0 Å². The maximum Gasteiger partial charge on any atom is 0.443 e. The quantitative estimate of drug-likeness (QED) is 0.473. The molecule has 200 valence electrons. The number of carbonyl (C=O) groups excluding carboxylic acids is 4. The summed E-state index contributed by atoms with van der Waals surface area (Å²) in [6, 6.07) is 8.79. The Bertz CT molecular complexity index is 976. The van der Waals surface area contributed by atoms with Gasteiger partial charge in [-0.1, -0.05) is 30.3 Å². The van der Waals surface area contributed by atoms with Crippen LogP contribution >= 0.6 is 0 Å². The summed E-state index contributed by atoms with van der Waals surface area (Å²) in [5, 5.41) is 1.47. The SMILES string of the molecule is CC(C)(C)OC(=O)NN(C(=O)OC(C)(C)C)[C@@]1(Cc2ccccc2)CN(C(=O)OC(C)(C)C)OC1=O. The number of rotatable bonds is 3. The zero-order chi connectivity index (χ0) is 27.5. The van der Waals surface area contributed by atoms with Gasteiger partial charge in [0.1, 0.15) is 16.8 Å². The Balaban J connectivity index is 2.56. The van der Waals surface area contributed by atoms with Gasteiger partial charge in [0.25, 0.3) is 0 Å². The molecule has 0 aromatic heterocycles. The summed E-state index contributed by atoms with van der Waals surface area (Å²) in [6.45, 7) is 14.4. The molecule has 1 N–H and O–H groups in total. The normalized spacial score (nSPS) is 18.2. The van der Waals surface area contributed by atoms with Crippen molar-refractivity contribution >= 4 is 24.2 Å². The molecule has 1 aromatic carbocycles. The molecule has 11 nitrogen and oxygen atoms in total. The van der Waals surface area contributed by atoms with Crippen molar-refractivity contribution in [1.82, 2.24) is 15.5 Å². The number of hydrogen-bond acceptors (Lipinski definition) is 8. The summed E-state index contributed by atoms with van der Waals surface area (Å²) < 4.78 is 16.2. The van der Waals surface area contributed by atoms with Crippen LogP contribution in [0.4, 0.5) is 14.4 Å². The first-order valence-electron chi connectivity index (χ1n) is 11.6. The lowest BCUT2D eigenvalue weighted by Crippen LogP contribution is -2.66. The van der Waals surface area contributed by atoms with Gasteiger partial charge < -0.3 is 19.0 Å². The molecule has 0 bridgehead atoms. The molecule has 11 heteroatoms. The molecular weight excluding hydrogens is 470 g/mol. The highest BCUT2D eigenvalue weighted by molar-refractivity contribution is 5.91. The number of carbonyl (C=O) groups is 4. The van der Waals surface area contributed by atoms with Crippen molar-refractivity contribution in [2.24, 2.45) is 0 Å². The van der Waals surface area contributed by atoms with Gasteiger partial charge in [-0.3, -0.25) is 0 Å². The summed E-state index contributed by atoms with van der Waals surface area (Å²) >= 11 is 0. The number of ether oxygens (including phenoxy) is 3. The fourth-order valence-electron chi connectivity index (χ4n) is 3.26. The minimum atomic E-state index is -1.89. The molecule has 2 rings (SSSR count). The van der Waals surface area contributed by atoms with E-state index in [1.807, 2.05) is 0 Å². The van der Waals surface area contributed by atoms with Gasteiger partial charge in [0.15, 0.2) is 5.54 Å². The van der Waals surface area contributed by atoms with Crippen LogP contribution in [0.1, 0.15) is 67.9 Å². The Hall–Kier alpha value is -3.50. The topological polar surface area (TPSA) is 124 Å². The van der Waals surface area contributed by atoms with E-state index < -0.39 is 53.1 Å². The van der Waals surface area contributed by atoms with Crippen molar-refractivity contribution in [2.75, 3.05) is 6.54 Å². The lowest BCUT2D eigenvalue weighted by molar-refractivity contribution is -0.170. The molecule has 1 aliphatic heterocycles. The van der Waals surface area contributed by atoms with Gasteiger partial charge in [-0.2, -0.15) is 5.01 Å². The predicted octanol–water partition coefficient (Wildman–Crippen LogP) is 4.35. The van der Waals surface area contributed by atoms with Crippen LogP contribution in [0.5, 0.6) is 0 Å². The number of benzene rings is 1. The van der Waals surface area contributed by atoms with E-state index in [9.17, 15) is 19.2 Å². The Kier molecular flexibility index (Phi) is 8.17. The van der Waals surface area contributed by atoms with Gasteiger partial charge in [-0.05, 0) is 67.9 Å². The first-order valence-corrected chi connectivity index (χ1v) is 11.6. The van der Waals surface area contributed by atoms with Crippen molar-refractivity contribution in [3.63, 3.8) is 0 Å². The minimum absolute atomic E-state index is 0.110. The van der Waals surface area contributed by atoms with Crippen LogP contribution in [0.25, 0.3) is 0 Å². The van der Waals surface area contributed by atoms with Gasteiger partial charge in [0, 0.05) is 6.42 Å². The molecule has 1 aliphatic rings. The van der Waals surface area contributed by atoms with Crippen LogP contribution in [-0.4, -0.2) is 63.2 Å². The highest BCUT2D eigenvalue weighted by atomic mass is 16.8. The van der Waals surface area contributed by atoms with Crippen LogP contribution < -0.4 is 5.43 Å². The molecule has 1 heterocycles. The van der Waals surface area contributed by atoms with Crippen molar-refractivity contribution in [3.8, 4) is 0 Å². The Morgan fingerprint density at radius 2 is 1.44 bits per heavy atom. The summed E-state index contributed by atoms with van der Waals surface area (Å²) in [4.78, 5) is 57.6. The van der Waals surface area contributed by atoms with E-state index in [0.29, 0.717) is 5.56 Å². The lowest BCUT2D eigenvalue weighted by Gasteiger charge is -2.38. The number of hydrogen-bond donors (Lipinski definition) is 1. The number of hydroxylamine groups is 2. The number of hydrazine groups is 1. The third kappa shape index (κ3) is 8.03. The fourth-order valence-corrected chi connectivity index (χ4v) is 3.26. The predicted molar refractivity (Wildman–Crippen MR) is 129 cm³/mol. The van der Waals surface area contributed by atoms with Crippen molar-refractivity contribution in [1.29, 1.82) is 0 Å². The van der Waals surface area contributed by atoms with Gasteiger partial charge in [0.05, 0.1) is 6.54 Å². The fraction of sp³-hybridized carbons (Fsp3) is 0.600. The third-order valence-electron chi connectivity index (χ3n) is 4.52. The summed E-state index contributed by atoms with van der Waals surface area (Å²) in [5.41, 5.74) is -1.62. The highest BCUT2D eigenvalue weighted by Gasteiger charge is 2.59. The second-order valence-electron chi connectivity index (χ2n) is 11.5. The van der Waals surface area contributed by atoms with E-state index >= 15 is 0 Å². The van der Waals surface area contributed by atoms with Crippen molar-refractivity contribution in [3.05, 3.63) is 35.9 Å². The van der Waals surface area contributed by atoms with Crippen molar-refractivity contribution < 1.29 is 38.2 Å². The second-order valence-corrected chi connectivity index (χ2v) is 11.5. The van der Waals surface area contributed by atoms with Crippen molar-refractivity contribution in [2.45, 2.75) is 91.1 Å². The Morgan fingerprint density at radius 1 is 0.917 bits per heavy atom. The van der Waals surface area contributed by atoms with Gasteiger partial charge in [0.2, 0.25) is 0 Å². The molecule has 1 fully saturated rings. The van der Waals surface area contributed by atoms with Crippen LogP contribution in [0.2, 0.25) is 0 Å². The second kappa shape index (κ2) is 10.2. The molecule has 0 radical (unpaired) electrons. The average Bonchev–Trinajstić information content (AvgIpc) is 3.00. The molecule has 1 saturated heterocycles. The molecule has 1 atom stereocenters. The average molecular weight is 508 g/mol. The maximum atomic E-state index is 13.4. The lowest BCUT2D eigenvalue weighted by atomic mass is 9.90. The van der Waals surface area contributed by atoms with Crippen LogP contribution in [0.3, 0.4) is 0 Å². The molecule has 3 amide bonds. The van der Waals surface area contributed by atoms with Crippen LogP contribution in [-0.2, 0) is 30.3 Å². The molecule has 1 aromatic rings. The first-order chi connectivity index (χ1) is 16.3. The summed E-state index contributed by atoms with van der Waals surface area (Å²) in [5.74, 6) is -0.959. The largest absolute Gasteiger partial charge is 0.443 e. The molecular formula is C25H37N3O8. The van der Waals surface area contributed by atoms with E-state index in [-0.39, 0.29) is 6.42 Å². The zero-order valence-corrected chi connectivity index (χ0v) is 22.5.